The minimum Gasteiger partial charge on any atom is -0.328 e. The average molecular weight is 289 g/mol. The van der Waals surface area contributed by atoms with Crippen LogP contribution in [0.2, 0.25) is 0 Å². The molecule has 3 heteroatoms. The lowest BCUT2D eigenvalue weighted by molar-refractivity contribution is 0.0668. The molecule has 0 radical (unpaired) electrons. The Balaban J connectivity index is 2.34. The molecule has 0 fully saturated rings. The van der Waals surface area contributed by atoms with Crippen molar-refractivity contribution in [3.05, 3.63) is 35.4 Å². The number of hydrogen-bond acceptors (Lipinski definition) is 3. The summed E-state index contributed by atoms with van der Waals surface area (Å²) in [5.74, 6) is 0. The van der Waals surface area contributed by atoms with Gasteiger partial charge in [-0.3, -0.25) is 4.90 Å². The zero-order valence-corrected chi connectivity index (χ0v) is 13.9. The molecule has 0 spiro atoms. The van der Waals surface area contributed by atoms with E-state index in [1.54, 1.807) is 0 Å². The van der Waals surface area contributed by atoms with Crippen LogP contribution in [0.4, 0.5) is 0 Å². The van der Waals surface area contributed by atoms with Crippen LogP contribution in [0.3, 0.4) is 0 Å². The summed E-state index contributed by atoms with van der Waals surface area (Å²) in [7, 11) is 4.29. The van der Waals surface area contributed by atoms with Gasteiger partial charge in [0.25, 0.3) is 0 Å². The fourth-order valence-electron chi connectivity index (χ4n) is 3.70. The van der Waals surface area contributed by atoms with E-state index in [1.165, 1.54) is 36.8 Å². The lowest BCUT2D eigenvalue weighted by Crippen LogP contribution is -2.54. The lowest BCUT2D eigenvalue weighted by atomic mass is 9.75. The molecule has 1 atom stereocenters. The van der Waals surface area contributed by atoms with Crippen LogP contribution >= 0.6 is 0 Å². The summed E-state index contributed by atoms with van der Waals surface area (Å²) in [5.41, 5.74) is 9.36. The summed E-state index contributed by atoms with van der Waals surface area (Å²) in [5, 5.41) is 0. The molecule has 0 aromatic heterocycles. The monoisotopic (exact) mass is 289 g/mol. The lowest BCUT2D eigenvalue weighted by Gasteiger charge is -2.47. The fraction of sp³-hybridized carbons (Fsp3) is 0.667. The smallest absolute Gasteiger partial charge is 0.0586 e. The van der Waals surface area contributed by atoms with E-state index in [-0.39, 0.29) is 5.54 Å². The van der Waals surface area contributed by atoms with E-state index in [1.807, 2.05) is 0 Å². The molecule has 0 saturated heterocycles. The highest BCUT2D eigenvalue weighted by molar-refractivity contribution is 5.36. The predicted molar refractivity (Wildman–Crippen MR) is 90.5 cm³/mol. The molecule has 1 aromatic rings. The summed E-state index contributed by atoms with van der Waals surface area (Å²) in [6, 6.07) is 8.93. The standard InChI is InChI=1S/C18H31N3/c1-4-12-21(14-13-20(2)3)18(15-19)11-7-9-16-8-5-6-10-17(16)18/h5-6,8,10H,4,7,9,11-15,19H2,1-3H3. The maximum atomic E-state index is 6.34. The predicted octanol–water partition coefficient (Wildman–Crippen LogP) is 2.45. The second kappa shape index (κ2) is 7.39. The first-order valence-corrected chi connectivity index (χ1v) is 8.32. The Labute approximate surface area is 130 Å². The number of likely N-dealkylation sites (N-methyl/N-ethyl adjacent to an activating group) is 1. The number of fused-ring (bicyclic) bond motifs is 1. The molecule has 2 N–H and O–H groups in total. The van der Waals surface area contributed by atoms with Gasteiger partial charge in [0.1, 0.15) is 0 Å². The van der Waals surface area contributed by atoms with Crippen molar-refractivity contribution >= 4 is 0 Å². The zero-order chi connectivity index (χ0) is 15.3. The molecule has 1 aliphatic carbocycles. The number of nitrogens with zero attached hydrogens (tertiary/aromatic N) is 2. The molecule has 118 valence electrons. The fourth-order valence-corrected chi connectivity index (χ4v) is 3.70. The molecule has 0 amide bonds. The van der Waals surface area contributed by atoms with E-state index >= 15 is 0 Å². The van der Waals surface area contributed by atoms with Crippen molar-refractivity contribution in [3.63, 3.8) is 0 Å². The molecule has 21 heavy (non-hydrogen) atoms. The molecule has 1 aromatic carbocycles. The minimum absolute atomic E-state index is 0.0425. The van der Waals surface area contributed by atoms with Crippen LogP contribution in [-0.4, -0.2) is 50.1 Å². The maximum absolute atomic E-state index is 6.34. The molecule has 0 aliphatic heterocycles. The van der Waals surface area contributed by atoms with Crippen LogP contribution in [0.5, 0.6) is 0 Å². The third-order valence-electron chi connectivity index (χ3n) is 4.81. The van der Waals surface area contributed by atoms with Crippen LogP contribution in [0.1, 0.15) is 37.3 Å². The summed E-state index contributed by atoms with van der Waals surface area (Å²) in [6.07, 6.45) is 4.81. The van der Waals surface area contributed by atoms with Gasteiger partial charge in [0.15, 0.2) is 0 Å². The van der Waals surface area contributed by atoms with Crippen molar-refractivity contribution in [2.75, 3.05) is 40.3 Å². The number of rotatable bonds is 7. The molecule has 1 unspecified atom stereocenters. The van der Waals surface area contributed by atoms with Crippen molar-refractivity contribution in [1.82, 2.24) is 9.80 Å². The van der Waals surface area contributed by atoms with Crippen molar-refractivity contribution in [3.8, 4) is 0 Å². The first-order chi connectivity index (χ1) is 10.1. The maximum Gasteiger partial charge on any atom is 0.0586 e. The summed E-state index contributed by atoms with van der Waals surface area (Å²) < 4.78 is 0. The van der Waals surface area contributed by atoms with Gasteiger partial charge in [-0.25, -0.2) is 0 Å². The first kappa shape index (κ1) is 16.5. The SMILES string of the molecule is CCCN(CCN(C)C)C1(CN)CCCc2ccccc21. The Hall–Kier alpha value is -0.900. The number of aryl methyl sites for hydroxylation is 1. The number of nitrogens with two attached hydrogens (primary N) is 1. The summed E-state index contributed by atoms with van der Waals surface area (Å²) in [6.45, 7) is 6.29. The van der Waals surface area contributed by atoms with E-state index in [4.69, 9.17) is 5.73 Å². The highest BCUT2D eigenvalue weighted by Gasteiger charge is 2.39. The minimum atomic E-state index is 0.0425. The zero-order valence-electron chi connectivity index (χ0n) is 13.9. The Morgan fingerprint density at radius 1 is 1.14 bits per heavy atom. The molecule has 0 bridgehead atoms. The third kappa shape index (κ3) is 3.47. The van der Waals surface area contributed by atoms with Gasteiger partial charge in [-0.1, -0.05) is 31.2 Å². The largest absolute Gasteiger partial charge is 0.328 e. The second-order valence-corrected chi connectivity index (χ2v) is 6.54. The molecule has 3 nitrogen and oxygen atoms in total. The Morgan fingerprint density at radius 3 is 2.57 bits per heavy atom. The van der Waals surface area contributed by atoms with Gasteiger partial charge < -0.3 is 10.6 Å². The molecular weight excluding hydrogens is 258 g/mol. The molecule has 0 heterocycles. The van der Waals surface area contributed by atoms with E-state index in [0.29, 0.717) is 0 Å². The van der Waals surface area contributed by atoms with E-state index < -0.39 is 0 Å². The van der Waals surface area contributed by atoms with E-state index in [9.17, 15) is 0 Å². The number of benzene rings is 1. The van der Waals surface area contributed by atoms with Crippen molar-refractivity contribution in [2.24, 2.45) is 5.73 Å². The van der Waals surface area contributed by atoms with Gasteiger partial charge in [0.05, 0.1) is 5.54 Å². The van der Waals surface area contributed by atoms with E-state index in [0.717, 1.165) is 26.2 Å². The van der Waals surface area contributed by atoms with Crippen LogP contribution in [-0.2, 0) is 12.0 Å². The van der Waals surface area contributed by atoms with Crippen LogP contribution < -0.4 is 5.73 Å². The van der Waals surface area contributed by atoms with E-state index in [2.05, 4.69) is 55.1 Å². The Morgan fingerprint density at radius 2 is 1.90 bits per heavy atom. The average Bonchev–Trinajstić information content (AvgIpc) is 2.50. The first-order valence-electron chi connectivity index (χ1n) is 8.32. The van der Waals surface area contributed by atoms with Crippen LogP contribution in [0.15, 0.2) is 24.3 Å². The van der Waals surface area contributed by atoms with Crippen molar-refractivity contribution < 1.29 is 0 Å². The van der Waals surface area contributed by atoms with Gasteiger partial charge in [-0.05, 0) is 57.5 Å². The molecule has 2 rings (SSSR count). The summed E-state index contributed by atoms with van der Waals surface area (Å²) >= 11 is 0. The quantitative estimate of drug-likeness (QED) is 0.837. The van der Waals surface area contributed by atoms with Gasteiger partial charge in [-0.15, -0.1) is 0 Å². The second-order valence-electron chi connectivity index (χ2n) is 6.54. The Bertz CT molecular complexity index is 444. The van der Waals surface area contributed by atoms with Crippen LogP contribution in [0.25, 0.3) is 0 Å². The number of hydrogen-bond donors (Lipinski definition) is 1. The van der Waals surface area contributed by atoms with Gasteiger partial charge in [-0.2, -0.15) is 0 Å². The van der Waals surface area contributed by atoms with Crippen LogP contribution in [0, 0.1) is 0 Å². The van der Waals surface area contributed by atoms with Gasteiger partial charge in [0, 0.05) is 19.6 Å². The van der Waals surface area contributed by atoms with Gasteiger partial charge >= 0.3 is 0 Å². The molecule has 1 aliphatic rings. The molecule has 0 saturated carbocycles. The highest BCUT2D eigenvalue weighted by Crippen LogP contribution is 2.39. The van der Waals surface area contributed by atoms with Crippen molar-refractivity contribution in [1.29, 1.82) is 0 Å². The third-order valence-corrected chi connectivity index (χ3v) is 4.81. The highest BCUT2D eigenvalue weighted by atomic mass is 15.2. The van der Waals surface area contributed by atoms with Gasteiger partial charge in [0.2, 0.25) is 0 Å². The normalized spacial score (nSPS) is 21.8. The summed E-state index contributed by atoms with van der Waals surface area (Å²) in [4.78, 5) is 4.91. The Kier molecular flexibility index (Phi) is 5.80. The van der Waals surface area contributed by atoms with Crippen molar-refractivity contribution in [2.45, 2.75) is 38.1 Å². The molecular formula is C18H31N3. The topological polar surface area (TPSA) is 32.5 Å².